The van der Waals surface area contributed by atoms with Gasteiger partial charge in [0.1, 0.15) is 5.75 Å². The number of hydrogen-bond acceptors (Lipinski definition) is 4. The molecule has 0 aliphatic rings. The van der Waals surface area contributed by atoms with E-state index in [0.717, 1.165) is 18.1 Å². The molecule has 0 saturated carbocycles. The lowest BCUT2D eigenvalue weighted by molar-refractivity contribution is -0.119. The van der Waals surface area contributed by atoms with Crippen molar-refractivity contribution in [1.82, 2.24) is 10.6 Å². The summed E-state index contributed by atoms with van der Waals surface area (Å²) in [5.41, 5.74) is 7.30. The first-order valence-electron chi connectivity index (χ1n) is 7.70. The van der Waals surface area contributed by atoms with Gasteiger partial charge in [-0.3, -0.25) is 4.79 Å². The number of amides is 1. The second-order valence-corrected chi connectivity index (χ2v) is 5.86. The summed E-state index contributed by atoms with van der Waals surface area (Å²) in [6, 6.07) is 9.59. The number of hydrogen-bond donors (Lipinski definition) is 3. The summed E-state index contributed by atoms with van der Waals surface area (Å²) in [6.07, 6.45) is 0. The predicted molar refractivity (Wildman–Crippen MR) is 97.1 cm³/mol. The van der Waals surface area contributed by atoms with E-state index in [-0.39, 0.29) is 6.61 Å². The summed E-state index contributed by atoms with van der Waals surface area (Å²) in [5.74, 6) is 0.883. The molecule has 7 heteroatoms. The number of nitrogens with zero attached hydrogens (tertiary/aromatic N) is 1. The highest BCUT2D eigenvalue weighted by molar-refractivity contribution is 7.07. The van der Waals surface area contributed by atoms with Crippen molar-refractivity contribution in [2.24, 2.45) is 10.7 Å². The van der Waals surface area contributed by atoms with Crippen molar-refractivity contribution >= 4 is 23.2 Å². The molecule has 6 nitrogen and oxygen atoms in total. The van der Waals surface area contributed by atoms with Crippen LogP contribution in [0, 0.1) is 0 Å². The second-order valence-electron chi connectivity index (χ2n) is 5.08. The van der Waals surface area contributed by atoms with Crippen molar-refractivity contribution in [1.29, 1.82) is 0 Å². The largest absolute Gasteiger partial charge is 0.484 e. The van der Waals surface area contributed by atoms with Gasteiger partial charge < -0.3 is 21.1 Å². The molecule has 0 fully saturated rings. The van der Waals surface area contributed by atoms with Crippen LogP contribution in [0.15, 0.2) is 46.1 Å². The van der Waals surface area contributed by atoms with Gasteiger partial charge in [0.25, 0.3) is 5.91 Å². The lowest BCUT2D eigenvalue weighted by Gasteiger charge is -2.12. The summed E-state index contributed by atoms with van der Waals surface area (Å²) in [4.78, 5) is 15.3. The maximum atomic E-state index is 10.8. The summed E-state index contributed by atoms with van der Waals surface area (Å²) in [5, 5.41) is 10.6. The van der Waals surface area contributed by atoms with Crippen LogP contribution in [0.4, 0.5) is 0 Å². The molecule has 0 aliphatic carbocycles. The molecule has 4 N–H and O–H groups in total. The van der Waals surface area contributed by atoms with Crippen molar-refractivity contribution in [3.05, 3.63) is 52.2 Å². The normalized spacial score (nSPS) is 11.1. The zero-order valence-electron chi connectivity index (χ0n) is 13.6. The standard InChI is InChI=1S/C17H22N4O2S/c1-2-19-17(21-10-14-6-7-24-12-14)20-9-13-4-3-5-15(8-13)23-11-16(18)22/h3-8,12H,2,9-11H2,1H3,(H2,18,22)(H2,19,20,21). The molecule has 2 aromatic rings. The molecule has 0 atom stereocenters. The Bertz CT molecular complexity index is 671. The highest BCUT2D eigenvalue weighted by atomic mass is 32.1. The Labute approximate surface area is 145 Å². The van der Waals surface area contributed by atoms with Gasteiger partial charge in [-0.2, -0.15) is 11.3 Å². The minimum Gasteiger partial charge on any atom is -0.484 e. The van der Waals surface area contributed by atoms with Crippen LogP contribution in [0.5, 0.6) is 5.75 Å². The van der Waals surface area contributed by atoms with Crippen LogP contribution >= 0.6 is 11.3 Å². The number of thiophene rings is 1. The van der Waals surface area contributed by atoms with Crippen LogP contribution in [-0.4, -0.2) is 25.0 Å². The average Bonchev–Trinajstić information content (AvgIpc) is 3.09. The fourth-order valence-corrected chi connectivity index (χ4v) is 2.64. The Morgan fingerprint density at radius 3 is 2.88 bits per heavy atom. The number of nitrogens with two attached hydrogens (primary N) is 1. The lowest BCUT2D eigenvalue weighted by Crippen LogP contribution is -2.36. The zero-order valence-corrected chi connectivity index (χ0v) is 14.4. The number of benzene rings is 1. The van der Waals surface area contributed by atoms with E-state index in [0.29, 0.717) is 18.8 Å². The summed E-state index contributed by atoms with van der Waals surface area (Å²) < 4.78 is 5.31. The average molecular weight is 346 g/mol. The molecule has 2 rings (SSSR count). The van der Waals surface area contributed by atoms with Crippen molar-refractivity contribution in [2.75, 3.05) is 13.2 Å². The smallest absolute Gasteiger partial charge is 0.255 e. The maximum absolute atomic E-state index is 10.8. The summed E-state index contributed by atoms with van der Waals surface area (Å²) in [7, 11) is 0. The Balaban J connectivity index is 1.92. The van der Waals surface area contributed by atoms with Crippen molar-refractivity contribution < 1.29 is 9.53 Å². The van der Waals surface area contributed by atoms with Gasteiger partial charge in [-0.25, -0.2) is 4.99 Å². The first kappa shape index (κ1) is 17.8. The number of guanidine groups is 1. The van der Waals surface area contributed by atoms with Crippen LogP contribution in [0.1, 0.15) is 18.1 Å². The van der Waals surface area contributed by atoms with E-state index in [1.807, 2.05) is 30.5 Å². The van der Waals surface area contributed by atoms with Gasteiger partial charge in [-0.15, -0.1) is 0 Å². The molecular formula is C17H22N4O2S. The number of ether oxygens (including phenoxy) is 1. The van der Waals surface area contributed by atoms with Gasteiger partial charge in [0.15, 0.2) is 12.6 Å². The van der Waals surface area contributed by atoms with E-state index in [9.17, 15) is 4.79 Å². The zero-order chi connectivity index (χ0) is 17.2. The highest BCUT2D eigenvalue weighted by Gasteiger charge is 2.02. The number of primary amides is 1. The second kappa shape index (κ2) is 9.57. The summed E-state index contributed by atoms with van der Waals surface area (Å²) >= 11 is 1.67. The quantitative estimate of drug-likeness (QED) is 0.503. The van der Waals surface area contributed by atoms with Gasteiger partial charge in [-0.1, -0.05) is 12.1 Å². The fourth-order valence-electron chi connectivity index (χ4n) is 1.98. The molecule has 24 heavy (non-hydrogen) atoms. The van der Waals surface area contributed by atoms with Gasteiger partial charge >= 0.3 is 0 Å². The first-order valence-corrected chi connectivity index (χ1v) is 8.65. The van der Waals surface area contributed by atoms with Crippen molar-refractivity contribution in [3.8, 4) is 5.75 Å². The van der Waals surface area contributed by atoms with E-state index >= 15 is 0 Å². The molecule has 0 saturated heterocycles. The van der Waals surface area contributed by atoms with Gasteiger partial charge in [0.05, 0.1) is 6.54 Å². The Kier molecular flexibility index (Phi) is 7.10. The monoisotopic (exact) mass is 346 g/mol. The first-order chi connectivity index (χ1) is 11.7. The highest BCUT2D eigenvalue weighted by Crippen LogP contribution is 2.13. The third-order valence-corrected chi connectivity index (χ3v) is 3.82. The Morgan fingerprint density at radius 1 is 1.29 bits per heavy atom. The van der Waals surface area contributed by atoms with Crippen LogP contribution in [0.2, 0.25) is 0 Å². The minimum atomic E-state index is -0.492. The molecular weight excluding hydrogens is 324 g/mol. The van der Waals surface area contributed by atoms with Crippen molar-refractivity contribution in [2.45, 2.75) is 20.0 Å². The molecule has 0 aliphatic heterocycles. The van der Waals surface area contributed by atoms with E-state index in [2.05, 4.69) is 27.1 Å². The van der Waals surface area contributed by atoms with Crippen LogP contribution in [-0.2, 0) is 17.9 Å². The van der Waals surface area contributed by atoms with Crippen LogP contribution in [0.25, 0.3) is 0 Å². The predicted octanol–water partition coefficient (Wildman–Crippen LogP) is 1.87. The van der Waals surface area contributed by atoms with E-state index in [1.54, 1.807) is 17.4 Å². The molecule has 1 aromatic heterocycles. The molecule has 0 unspecified atom stereocenters. The van der Waals surface area contributed by atoms with Gasteiger partial charge in [-0.05, 0) is 47.0 Å². The molecule has 128 valence electrons. The van der Waals surface area contributed by atoms with Crippen molar-refractivity contribution in [3.63, 3.8) is 0 Å². The van der Waals surface area contributed by atoms with Crippen LogP contribution < -0.4 is 21.1 Å². The number of carbonyl (C=O) groups is 1. The van der Waals surface area contributed by atoms with Gasteiger partial charge in [0, 0.05) is 13.1 Å². The number of carbonyl (C=O) groups excluding carboxylic acids is 1. The SMILES string of the molecule is CCNC(=NCc1ccsc1)NCc1cccc(OCC(N)=O)c1. The number of aliphatic imine (C=N–C) groups is 1. The number of nitrogens with one attached hydrogen (secondary N) is 2. The van der Waals surface area contributed by atoms with Crippen LogP contribution in [0.3, 0.4) is 0 Å². The molecule has 0 bridgehead atoms. The minimum absolute atomic E-state index is 0.123. The van der Waals surface area contributed by atoms with E-state index < -0.39 is 5.91 Å². The molecule has 1 amide bonds. The lowest BCUT2D eigenvalue weighted by atomic mass is 10.2. The topological polar surface area (TPSA) is 88.7 Å². The van der Waals surface area contributed by atoms with E-state index in [4.69, 9.17) is 10.5 Å². The third-order valence-electron chi connectivity index (χ3n) is 3.08. The summed E-state index contributed by atoms with van der Waals surface area (Å²) in [6.45, 7) is 3.93. The number of rotatable bonds is 8. The van der Waals surface area contributed by atoms with E-state index in [1.165, 1.54) is 5.56 Å². The Hall–Kier alpha value is -2.54. The molecule has 0 radical (unpaired) electrons. The molecule has 0 spiro atoms. The Morgan fingerprint density at radius 2 is 2.17 bits per heavy atom. The maximum Gasteiger partial charge on any atom is 0.255 e. The third kappa shape index (κ3) is 6.29. The molecule has 1 aromatic carbocycles. The fraction of sp³-hybridized carbons (Fsp3) is 0.294. The molecule has 1 heterocycles. The van der Waals surface area contributed by atoms with Gasteiger partial charge in [0.2, 0.25) is 0 Å².